The van der Waals surface area contributed by atoms with Crippen molar-refractivity contribution < 1.29 is 9.53 Å². The van der Waals surface area contributed by atoms with Crippen molar-refractivity contribution in [2.45, 2.75) is 6.54 Å². The normalized spacial score (nSPS) is 10.7. The van der Waals surface area contributed by atoms with E-state index < -0.39 is 0 Å². The summed E-state index contributed by atoms with van der Waals surface area (Å²) >= 11 is 0. The Morgan fingerprint density at radius 1 is 0.900 bits per heavy atom. The number of nitrogens with zero attached hydrogens (tertiary/aromatic N) is 2. The first kappa shape index (κ1) is 19.4. The number of ether oxygens (including phenoxy) is 1. The van der Waals surface area contributed by atoms with Gasteiger partial charge < -0.3 is 10.1 Å². The summed E-state index contributed by atoms with van der Waals surface area (Å²) < 4.78 is 6.73. The highest BCUT2D eigenvalue weighted by Crippen LogP contribution is 2.26. The molecule has 3 aromatic carbocycles. The van der Waals surface area contributed by atoms with E-state index >= 15 is 0 Å². The van der Waals surface area contributed by atoms with Gasteiger partial charge in [-0.3, -0.25) is 9.59 Å². The summed E-state index contributed by atoms with van der Waals surface area (Å²) in [6.45, 7) is 0.530. The van der Waals surface area contributed by atoms with Crippen LogP contribution in [0.3, 0.4) is 0 Å². The van der Waals surface area contributed by atoms with Gasteiger partial charge in [0.05, 0.1) is 12.2 Å². The zero-order valence-corrected chi connectivity index (χ0v) is 16.3. The topological polar surface area (TPSA) is 73.2 Å². The second-order valence-electron chi connectivity index (χ2n) is 6.75. The van der Waals surface area contributed by atoms with Crippen LogP contribution in [0.5, 0.6) is 5.75 Å². The third-order valence-electron chi connectivity index (χ3n) is 4.66. The van der Waals surface area contributed by atoms with Crippen LogP contribution < -0.4 is 15.6 Å². The Morgan fingerprint density at radius 2 is 1.67 bits per heavy atom. The van der Waals surface area contributed by atoms with Crippen LogP contribution in [0.4, 0.5) is 0 Å². The molecule has 0 spiro atoms. The van der Waals surface area contributed by atoms with Crippen molar-refractivity contribution in [1.82, 2.24) is 15.1 Å². The average molecular weight is 399 g/mol. The van der Waals surface area contributed by atoms with Gasteiger partial charge in [-0.1, -0.05) is 60.7 Å². The molecule has 4 rings (SSSR count). The third-order valence-corrected chi connectivity index (χ3v) is 4.66. The standard InChI is InChI=1S/C24H21N3O3/c28-23(25-15-16-30-19-9-2-1-3-10-19)17-27-24(29)14-13-22(26-27)21-12-6-8-18-7-4-5-11-20(18)21/h1-14H,15-17H2,(H,25,28). The van der Waals surface area contributed by atoms with Crippen molar-refractivity contribution in [1.29, 1.82) is 0 Å². The number of aromatic nitrogens is 2. The van der Waals surface area contributed by atoms with Crippen LogP contribution in [-0.4, -0.2) is 28.8 Å². The second kappa shape index (κ2) is 9.05. The van der Waals surface area contributed by atoms with Crippen LogP contribution in [-0.2, 0) is 11.3 Å². The number of carbonyl (C=O) groups excluding carboxylic acids is 1. The summed E-state index contributed by atoms with van der Waals surface area (Å²) in [7, 11) is 0. The number of hydrogen-bond donors (Lipinski definition) is 1. The number of nitrogens with one attached hydrogen (secondary N) is 1. The van der Waals surface area contributed by atoms with Crippen LogP contribution in [0.15, 0.2) is 89.7 Å². The maximum absolute atomic E-state index is 12.3. The van der Waals surface area contributed by atoms with Gasteiger partial charge in [-0.2, -0.15) is 5.10 Å². The fourth-order valence-electron chi connectivity index (χ4n) is 3.22. The Balaban J connectivity index is 1.43. The Bertz CT molecular complexity index is 1210. The van der Waals surface area contributed by atoms with Gasteiger partial charge in [-0.25, -0.2) is 4.68 Å². The Morgan fingerprint density at radius 3 is 2.53 bits per heavy atom. The van der Waals surface area contributed by atoms with E-state index in [2.05, 4.69) is 10.4 Å². The first-order chi connectivity index (χ1) is 14.7. The summed E-state index contributed by atoms with van der Waals surface area (Å²) in [4.78, 5) is 24.5. The predicted molar refractivity (Wildman–Crippen MR) is 116 cm³/mol. The summed E-state index contributed by atoms with van der Waals surface area (Å²) in [6, 6.07) is 26.4. The van der Waals surface area contributed by atoms with Crippen molar-refractivity contribution in [2.75, 3.05) is 13.2 Å². The molecule has 0 aliphatic rings. The maximum Gasteiger partial charge on any atom is 0.267 e. The molecule has 0 atom stereocenters. The van der Waals surface area contributed by atoms with E-state index in [0.29, 0.717) is 18.8 Å². The van der Waals surface area contributed by atoms with Crippen LogP contribution in [0, 0.1) is 0 Å². The first-order valence-corrected chi connectivity index (χ1v) is 9.71. The molecule has 0 saturated heterocycles. The van der Waals surface area contributed by atoms with Gasteiger partial charge in [0.15, 0.2) is 0 Å². The van der Waals surface area contributed by atoms with Crippen LogP contribution in [0.1, 0.15) is 0 Å². The van der Waals surface area contributed by atoms with E-state index in [1.807, 2.05) is 72.8 Å². The van der Waals surface area contributed by atoms with E-state index in [9.17, 15) is 9.59 Å². The average Bonchev–Trinajstić information content (AvgIpc) is 2.78. The molecule has 1 N–H and O–H groups in total. The monoisotopic (exact) mass is 399 g/mol. The summed E-state index contributed by atoms with van der Waals surface area (Å²) in [5.74, 6) is 0.448. The molecule has 6 nitrogen and oxygen atoms in total. The fraction of sp³-hybridized carbons (Fsp3) is 0.125. The number of fused-ring (bicyclic) bond motifs is 1. The number of amides is 1. The van der Waals surface area contributed by atoms with Crippen molar-refractivity contribution in [3.63, 3.8) is 0 Å². The van der Waals surface area contributed by atoms with Gasteiger partial charge >= 0.3 is 0 Å². The maximum atomic E-state index is 12.3. The molecular formula is C24H21N3O3. The van der Waals surface area contributed by atoms with E-state index in [-0.39, 0.29) is 18.0 Å². The van der Waals surface area contributed by atoms with E-state index in [0.717, 1.165) is 22.1 Å². The smallest absolute Gasteiger partial charge is 0.267 e. The number of rotatable bonds is 7. The van der Waals surface area contributed by atoms with Gasteiger partial charge in [0.2, 0.25) is 5.91 Å². The molecule has 30 heavy (non-hydrogen) atoms. The quantitative estimate of drug-likeness (QED) is 0.484. The lowest BCUT2D eigenvalue weighted by molar-refractivity contribution is -0.122. The van der Waals surface area contributed by atoms with Crippen molar-refractivity contribution in [3.05, 3.63) is 95.3 Å². The number of para-hydroxylation sites is 1. The highest BCUT2D eigenvalue weighted by molar-refractivity contribution is 5.95. The molecule has 0 aliphatic heterocycles. The van der Waals surface area contributed by atoms with Gasteiger partial charge in [-0.15, -0.1) is 0 Å². The molecule has 0 fully saturated rings. The summed E-state index contributed by atoms with van der Waals surface area (Å²) in [6.07, 6.45) is 0. The Labute approximate surface area is 173 Å². The van der Waals surface area contributed by atoms with Crippen molar-refractivity contribution in [3.8, 4) is 17.0 Å². The van der Waals surface area contributed by atoms with Gasteiger partial charge in [0.1, 0.15) is 18.9 Å². The molecule has 0 unspecified atom stereocenters. The largest absolute Gasteiger partial charge is 0.492 e. The van der Waals surface area contributed by atoms with Crippen LogP contribution in [0.25, 0.3) is 22.0 Å². The van der Waals surface area contributed by atoms with Crippen molar-refractivity contribution >= 4 is 16.7 Å². The molecule has 1 amide bonds. The SMILES string of the molecule is O=C(Cn1nc(-c2cccc3ccccc23)ccc1=O)NCCOc1ccccc1. The van der Waals surface area contributed by atoms with Gasteiger partial charge in [0.25, 0.3) is 5.56 Å². The fourth-order valence-corrected chi connectivity index (χ4v) is 3.22. The summed E-state index contributed by atoms with van der Waals surface area (Å²) in [5.41, 5.74) is 1.24. The summed E-state index contributed by atoms with van der Waals surface area (Å²) in [5, 5.41) is 9.30. The lowest BCUT2D eigenvalue weighted by Crippen LogP contribution is -2.35. The van der Waals surface area contributed by atoms with E-state index in [4.69, 9.17) is 4.74 Å². The van der Waals surface area contributed by atoms with Crippen LogP contribution >= 0.6 is 0 Å². The second-order valence-corrected chi connectivity index (χ2v) is 6.75. The molecule has 150 valence electrons. The molecule has 0 radical (unpaired) electrons. The minimum atomic E-state index is -0.324. The molecular weight excluding hydrogens is 378 g/mol. The zero-order chi connectivity index (χ0) is 20.8. The molecule has 1 heterocycles. The molecule has 0 saturated carbocycles. The molecule has 4 aromatic rings. The molecule has 0 aliphatic carbocycles. The van der Waals surface area contributed by atoms with Crippen LogP contribution in [0.2, 0.25) is 0 Å². The predicted octanol–water partition coefficient (Wildman–Crippen LogP) is 3.26. The first-order valence-electron chi connectivity index (χ1n) is 9.71. The van der Waals surface area contributed by atoms with E-state index in [1.165, 1.54) is 10.7 Å². The van der Waals surface area contributed by atoms with Crippen molar-refractivity contribution in [2.24, 2.45) is 0 Å². The number of benzene rings is 3. The highest BCUT2D eigenvalue weighted by atomic mass is 16.5. The zero-order valence-electron chi connectivity index (χ0n) is 16.3. The van der Waals surface area contributed by atoms with Gasteiger partial charge in [-0.05, 0) is 29.0 Å². The minimum Gasteiger partial charge on any atom is -0.492 e. The lowest BCUT2D eigenvalue weighted by Gasteiger charge is -2.10. The minimum absolute atomic E-state index is 0.150. The third kappa shape index (κ3) is 4.55. The van der Waals surface area contributed by atoms with E-state index in [1.54, 1.807) is 6.07 Å². The van der Waals surface area contributed by atoms with Gasteiger partial charge in [0, 0.05) is 11.6 Å². The Kier molecular flexibility index (Phi) is 5.85. The highest BCUT2D eigenvalue weighted by Gasteiger charge is 2.10. The molecule has 1 aromatic heterocycles. The Hall–Kier alpha value is -3.93. The molecule has 0 bridgehead atoms. The number of hydrogen-bond acceptors (Lipinski definition) is 4. The number of carbonyl (C=O) groups is 1. The lowest BCUT2D eigenvalue weighted by atomic mass is 10.0. The molecule has 6 heteroatoms.